The highest BCUT2D eigenvalue weighted by molar-refractivity contribution is 9.10. The molecule has 1 rings (SSSR count). The van der Waals surface area contributed by atoms with E-state index in [1.807, 2.05) is 11.8 Å². The molecule has 1 nitrogen and oxygen atoms in total. The van der Waals surface area contributed by atoms with Gasteiger partial charge < -0.3 is 5.73 Å². The number of rotatable bonds is 7. The molecule has 0 heterocycles. The Balaban J connectivity index is 2.47. The van der Waals surface area contributed by atoms with Crippen LogP contribution in [0, 0.1) is 0 Å². The van der Waals surface area contributed by atoms with E-state index in [1.54, 1.807) is 0 Å². The fourth-order valence-electron chi connectivity index (χ4n) is 1.76. The van der Waals surface area contributed by atoms with Gasteiger partial charge >= 0.3 is 0 Å². The van der Waals surface area contributed by atoms with E-state index in [0.717, 1.165) is 11.0 Å². The molecule has 0 saturated heterocycles. The van der Waals surface area contributed by atoms with Gasteiger partial charge in [0, 0.05) is 4.47 Å². The maximum absolute atomic E-state index is 5.85. The van der Waals surface area contributed by atoms with Crippen molar-refractivity contribution in [3.8, 4) is 0 Å². The maximum Gasteiger partial charge on any atom is 0.0178 e. The molecule has 0 radical (unpaired) electrons. The average molecular weight is 302 g/mol. The Hall–Kier alpha value is 0.01000. The highest BCUT2D eigenvalue weighted by Gasteiger charge is 2.09. The first-order valence-corrected chi connectivity index (χ1v) is 7.76. The number of hydrogen-bond acceptors (Lipinski definition) is 2. The average Bonchev–Trinajstić information content (AvgIpc) is 2.29. The van der Waals surface area contributed by atoms with Gasteiger partial charge in [0.05, 0.1) is 0 Å². The third-order valence-corrected chi connectivity index (χ3v) is 4.13. The van der Waals surface area contributed by atoms with Crippen LogP contribution in [0.25, 0.3) is 0 Å². The van der Waals surface area contributed by atoms with Crippen LogP contribution in [0.15, 0.2) is 28.7 Å². The van der Waals surface area contributed by atoms with Gasteiger partial charge in [-0.3, -0.25) is 0 Å². The van der Waals surface area contributed by atoms with E-state index in [4.69, 9.17) is 5.73 Å². The number of thioether (sulfide) groups is 1. The van der Waals surface area contributed by atoms with Gasteiger partial charge in [0.2, 0.25) is 0 Å². The predicted molar refractivity (Wildman–Crippen MR) is 78.2 cm³/mol. The van der Waals surface area contributed by atoms with E-state index >= 15 is 0 Å². The van der Waals surface area contributed by atoms with Gasteiger partial charge in [-0.2, -0.15) is 11.8 Å². The van der Waals surface area contributed by atoms with Crippen LogP contribution in [0.2, 0.25) is 0 Å². The first-order valence-electron chi connectivity index (χ1n) is 5.81. The van der Waals surface area contributed by atoms with Crippen molar-refractivity contribution in [2.75, 3.05) is 18.1 Å². The number of hydrogen-bond donors (Lipinski definition) is 1. The quantitative estimate of drug-likeness (QED) is 0.770. The maximum atomic E-state index is 5.85. The molecule has 0 aliphatic heterocycles. The summed E-state index contributed by atoms with van der Waals surface area (Å²) in [5.74, 6) is 2.97. The van der Waals surface area contributed by atoms with Crippen LogP contribution < -0.4 is 5.73 Å². The second-order valence-corrected chi connectivity index (χ2v) is 6.14. The van der Waals surface area contributed by atoms with Crippen LogP contribution >= 0.6 is 27.7 Å². The van der Waals surface area contributed by atoms with Crippen molar-refractivity contribution in [1.29, 1.82) is 0 Å². The van der Waals surface area contributed by atoms with Crippen LogP contribution in [0.5, 0.6) is 0 Å². The van der Waals surface area contributed by atoms with Gasteiger partial charge in [-0.05, 0) is 54.5 Å². The minimum absolute atomic E-state index is 0.509. The molecule has 0 aliphatic rings. The third-order valence-electron chi connectivity index (χ3n) is 2.65. The molecule has 3 heteroatoms. The van der Waals surface area contributed by atoms with E-state index in [-0.39, 0.29) is 0 Å². The van der Waals surface area contributed by atoms with Gasteiger partial charge in [0.25, 0.3) is 0 Å². The molecular formula is C13H20BrNS. The molecule has 0 aromatic heterocycles. The second-order valence-electron chi connectivity index (χ2n) is 3.83. The summed E-state index contributed by atoms with van der Waals surface area (Å²) in [5.41, 5.74) is 7.21. The summed E-state index contributed by atoms with van der Waals surface area (Å²) >= 11 is 5.52. The molecule has 2 N–H and O–H groups in total. The molecule has 0 fully saturated rings. The second kappa shape index (κ2) is 8.15. The van der Waals surface area contributed by atoms with Crippen LogP contribution in [0.1, 0.15) is 31.2 Å². The van der Waals surface area contributed by atoms with E-state index in [1.165, 1.54) is 29.9 Å². The van der Waals surface area contributed by atoms with E-state index in [0.29, 0.717) is 5.92 Å². The summed E-state index contributed by atoms with van der Waals surface area (Å²) < 4.78 is 1.14. The summed E-state index contributed by atoms with van der Waals surface area (Å²) in [6.45, 7) is 2.95. The van der Waals surface area contributed by atoms with Crippen molar-refractivity contribution in [2.45, 2.75) is 25.7 Å². The largest absolute Gasteiger partial charge is 0.330 e. The summed E-state index contributed by atoms with van der Waals surface area (Å²) in [4.78, 5) is 0. The Labute approximate surface area is 111 Å². The SMILES string of the molecule is CCSCCCC(CN)c1cccc(Br)c1. The van der Waals surface area contributed by atoms with Crippen LogP contribution in [-0.2, 0) is 0 Å². The van der Waals surface area contributed by atoms with Crippen molar-refractivity contribution >= 4 is 27.7 Å². The Kier molecular flexibility index (Phi) is 7.17. The van der Waals surface area contributed by atoms with Crippen LogP contribution in [-0.4, -0.2) is 18.1 Å². The lowest BCUT2D eigenvalue weighted by Gasteiger charge is -2.15. The van der Waals surface area contributed by atoms with Crippen LogP contribution in [0.4, 0.5) is 0 Å². The van der Waals surface area contributed by atoms with Gasteiger partial charge in [0.15, 0.2) is 0 Å². The molecule has 0 bridgehead atoms. The molecule has 0 spiro atoms. The number of halogens is 1. The van der Waals surface area contributed by atoms with Gasteiger partial charge in [-0.15, -0.1) is 0 Å². The van der Waals surface area contributed by atoms with Crippen molar-refractivity contribution < 1.29 is 0 Å². The minimum Gasteiger partial charge on any atom is -0.330 e. The summed E-state index contributed by atoms with van der Waals surface area (Å²) in [5, 5.41) is 0. The standard InChI is InChI=1S/C13H20BrNS/c1-2-16-8-4-6-12(10-15)11-5-3-7-13(14)9-11/h3,5,7,9,12H,2,4,6,8,10,15H2,1H3. The number of benzene rings is 1. The van der Waals surface area contributed by atoms with Crippen molar-refractivity contribution in [2.24, 2.45) is 5.73 Å². The molecular weight excluding hydrogens is 282 g/mol. The topological polar surface area (TPSA) is 26.0 Å². The van der Waals surface area contributed by atoms with Crippen molar-refractivity contribution in [3.05, 3.63) is 34.3 Å². The van der Waals surface area contributed by atoms with E-state index in [2.05, 4.69) is 47.1 Å². The first-order chi connectivity index (χ1) is 7.77. The lowest BCUT2D eigenvalue weighted by molar-refractivity contribution is 0.625. The Morgan fingerprint density at radius 3 is 2.88 bits per heavy atom. The highest BCUT2D eigenvalue weighted by atomic mass is 79.9. The van der Waals surface area contributed by atoms with E-state index < -0.39 is 0 Å². The summed E-state index contributed by atoms with van der Waals surface area (Å²) in [6.07, 6.45) is 2.45. The monoisotopic (exact) mass is 301 g/mol. The molecule has 0 amide bonds. The molecule has 1 aromatic carbocycles. The molecule has 1 aromatic rings. The smallest absolute Gasteiger partial charge is 0.0178 e. The molecule has 1 atom stereocenters. The van der Waals surface area contributed by atoms with Crippen LogP contribution in [0.3, 0.4) is 0 Å². The Bertz CT molecular complexity index is 304. The normalized spacial score (nSPS) is 12.7. The van der Waals surface area contributed by atoms with Gasteiger partial charge in [0.1, 0.15) is 0 Å². The fourth-order valence-corrected chi connectivity index (χ4v) is 2.83. The molecule has 0 aliphatic carbocycles. The van der Waals surface area contributed by atoms with E-state index in [9.17, 15) is 0 Å². The Morgan fingerprint density at radius 1 is 1.44 bits per heavy atom. The van der Waals surface area contributed by atoms with Gasteiger partial charge in [-0.25, -0.2) is 0 Å². The van der Waals surface area contributed by atoms with Crippen molar-refractivity contribution in [1.82, 2.24) is 0 Å². The predicted octanol–water partition coefficient (Wildman–Crippen LogP) is 4.02. The molecule has 1 unspecified atom stereocenters. The van der Waals surface area contributed by atoms with Gasteiger partial charge in [-0.1, -0.05) is 35.0 Å². The summed E-state index contributed by atoms with van der Waals surface area (Å²) in [7, 11) is 0. The highest BCUT2D eigenvalue weighted by Crippen LogP contribution is 2.23. The molecule has 90 valence electrons. The zero-order valence-corrected chi connectivity index (χ0v) is 12.2. The number of nitrogens with two attached hydrogens (primary N) is 1. The molecule has 16 heavy (non-hydrogen) atoms. The van der Waals surface area contributed by atoms with Crippen molar-refractivity contribution in [3.63, 3.8) is 0 Å². The minimum atomic E-state index is 0.509. The lowest BCUT2D eigenvalue weighted by atomic mass is 9.95. The first kappa shape index (κ1) is 14.1. The molecule has 0 saturated carbocycles. The fraction of sp³-hybridized carbons (Fsp3) is 0.538. The summed E-state index contributed by atoms with van der Waals surface area (Å²) in [6, 6.07) is 8.51. The third kappa shape index (κ3) is 4.89. The Morgan fingerprint density at radius 2 is 2.25 bits per heavy atom. The zero-order valence-electron chi connectivity index (χ0n) is 9.79. The lowest BCUT2D eigenvalue weighted by Crippen LogP contribution is -2.12. The zero-order chi connectivity index (χ0) is 11.8.